The Kier molecular flexibility index (Phi) is 2.81. The summed E-state index contributed by atoms with van der Waals surface area (Å²) in [6.45, 7) is 1.90. The average Bonchev–Trinajstić information content (AvgIpc) is 2.65. The predicted octanol–water partition coefficient (Wildman–Crippen LogP) is 0.193. The molecule has 0 radical (unpaired) electrons. The average molecular weight is 220 g/mol. The highest BCUT2D eigenvalue weighted by Gasteiger charge is 2.11. The van der Waals surface area contributed by atoms with Gasteiger partial charge in [-0.25, -0.2) is 0 Å². The Labute approximate surface area is 91.4 Å². The highest BCUT2D eigenvalue weighted by molar-refractivity contribution is 7.14. The molecule has 1 aromatic heterocycles. The van der Waals surface area contributed by atoms with Crippen LogP contribution in [0.3, 0.4) is 0 Å². The van der Waals surface area contributed by atoms with Crippen LogP contribution in [-0.2, 0) is 0 Å². The summed E-state index contributed by atoms with van der Waals surface area (Å²) < 4.78 is 0. The predicted molar refractivity (Wildman–Crippen MR) is 59.9 cm³/mol. The molecule has 0 saturated heterocycles. The van der Waals surface area contributed by atoms with Gasteiger partial charge in [0.15, 0.2) is 0 Å². The van der Waals surface area contributed by atoms with Crippen molar-refractivity contribution in [1.29, 1.82) is 0 Å². The molecule has 2 N–H and O–H groups in total. The molecule has 0 aliphatic heterocycles. The van der Waals surface area contributed by atoms with Crippen LogP contribution >= 0.6 is 11.3 Å². The van der Waals surface area contributed by atoms with E-state index in [2.05, 4.69) is 10.2 Å². The van der Waals surface area contributed by atoms with Crippen molar-refractivity contribution < 1.29 is 10.0 Å². The van der Waals surface area contributed by atoms with Gasteiger partial charge in [-0.3, -0.25) is 0 Å². The molecule has 0 aliphatic rings. The number of hydrogen-bond donors (Lipinski definition) is 2. The third-order valence-electron chi connectivity index (χ3n) is 1.98. The lowest BCUT2D eigenvalue weighted by atomic mass is 9.80. The quantitative estimate of drug-likeness (QED) is 0.709. The van der Waals surface area contributed by atoms with E-state index in [9.17, 15) is 0 Å². The molecule has 1 heterocycles. The van der Waals surface area contributed by atoms with Crippen molar-refractivity contribution in [2.45, 2.75) is 6.92 Å². The minimum Gasteiger partial charge on any atom is -0.423 e. The zero-order valence-electron chi connectivity index (χ0n) is 8.08. The fraction of sp³-hybridized carbons (Fsp3) is 0.111. The first-order valence-electron chi connectivity index (χ1n) is 4.43. The second-order valence-corrected chi connectivity index (χ2v) is 4.30. The van der Waals surface area contributed by atoms with Gasteiger partial charge in [0.1, 0.15) is 10.0 Å². The zero-order chi connectivity index (χ0) is 10.8. The van der Waals surface area contributed by atoms with E-state index in [1.807, 2.05) is 6.92 Å². The standard InChI is InChI=1S/C9H9BN2O2S/c1-6-11-12-9(15-6)7-2-4-8(5-3-7)10(13)14/h2-5,13-14H,1H3. The number of hydrogen-bond acceptors (Lipinski definition) is 5. The summed E-state index contributed by atoms with van der Waals surface area (Å²) >= 11 is 1.51. The van der Waals surface area contributed by atoms with Gasteiger partial charge in [0.2, 0.25) is 0 Å². The summed E-state index contributed by atoms with van der Waals surface area (Å²) in [5.41, 5.74) is 1.41. The van der Waals surface area contributed by atoms with Gasteiger partial charge in [-0.2, -0.15) is 0 Å². The van der Waals surface area contributed by atoms with Crippen LogP contribution in [0.4, 0.5) is 0 Å². The minimum absolute atomic E-state index is 0.472. The molecular weight excluding hydrogens is 211 g/mol. The van der Waals surface area contributed by atoms with Gasteiger partial charge in [-0.05, 0) is 12.4 Å². The van der Waals surface area contributed by atoms with E-state index < -0.39 is 7.12 Å². The second kappa shape index (κ2) is 4.10. The Morgan fingerprint density at radius 2 is 1.80 bits per heavy atom. The first kappa shape index (κ1) is 10.3. The molecule has 0 spiro atoms. The first-order chi connectivity index (χ1) is 7.16. The largest absolute Gasteiger partial charge is 0.488 e. The van der Waals surface area contributed by atoms with Crippen molar-refractivity contribution in [3.63, 3.8) is 0 Å². The summed E-state index contributed by atoms with van der Waals surface area (Å²) in [4.78, 5) is 0. The lowest BCUT2D eigenvalue weighted by molar-refractivity contribution is 0.426. The van der Waals surface area contributed by atoms with E-state index in [1.165, 1.54) is 11.3 Å². The molecule has 1 aromatic carbocycles. The normalized spacial score (nSPS) is 10.3. The third-order valence-corrected chi connectivity index (χ3v) is 2.87. The Morgan fingerprint density at radius 3 is 2.27 bits per heavy atom. The summed E-state index contributed by atoms with van der Waals surface area (Å²) in [6.07, 6.45) is 0. The van der Waals surface area contributed by atoms with Gasteiger partial charge >= 0.3 is 7.12 Å². The van der Waals surface area contributed by atoms with E-state index in [0.717, 1.165) is 15.6 Å². The van der Waals surface area contributed by atoms with Crippen LogP contribution in [0.2, 0.25) is 0 Å². The highest BCUT2D eigenvalue weighted by Crippen LogP contribution is 2.21. The molecule has 0 aliphatic carbocycles. The van der Waals surface area contributed by atoms with Crippen molar-refractivity contribution in [2.24, 2.45) is 0 Å². The van der Waals surface area contributed by atoms with Crippen LogP contribution < -0.4 is 5.46 Å². The van der Waals surface area contributed by atoms with Gasteiger partial charge in [0.05, 0.1) is 0 Å². The highest BCUT2D eigenvalue weighted by atomic mass is 32.1. The van der Waals surface area contributed by atoms with Gasteiger partial charge in [-0.1, -0.05) is 35.6 Å². The van der Waals surface area contributed by atoms with Crippen LogP contribution in [0.1, 0.15) is 5.01 Å². The van der Waals surface area contributed by atoms with Gasteiger partial charge in [-0.15, -0.1) is 10.2 Å². The Hall–Kier alpha value is -1.24. The van der Waals surface area contributed by atoms with Crippen molar-refractivity contribution in [2.75, 3.05) is 0 Å². The molecule has 15 heavy (non-hydrogen) atoms. The van der Waals surface area contributed by atoms with E-state index >= 15 is 0 Å². The molecule has 2 rings (SSSR count). The van der Waals surface area contributed by atoms with E-state index in [1.54, 1.807) is 24.3 Å². The van der Waals surface area contributed by atoms with Crippen molar-refractivity contribution in [3.8, 4) is 10.6 Å². The first-order valence-corrected chi connectivity index (χ1v) is 5.25. The molecule has 0 unspecified atom stereocenters. The molecule has 6 heteroatoms. The fourth-order valence-corrected chi connectivity index (χ4v) is 1.91. The molecule has 0 fully saturated rings. The van der Waals surface area contributed by atoms with E-state index in [4.69, 9.17) is 10.0 Å². The maximum absolute atomic E-state index is 8.92. The van der Waals surface area contributed by atoms with E-state index in [-0.39, 0.29) is 0 Å². The molecule has 0 bridgehead atoms. The van der Waals surface area contributed by atoms with Crippen LogP contribution in [-0.4, -0.2) is 27.4 Å². The van der Waals surface area contributed by atoms with E-state index in [0.29, 0.717) is 5.46 Å². The van der Waals surface area contributed by atoms with Crippen LogP contribution in [0.5, 0.6) is 0 Å². The molecule has 0 saturated carbocycles. The number of benzene rings is 1. The Balaban J connectivity index is 2.31. The molecule has 0 amide bonds. The summed E-state index contributed by atoms with van der Waals surface area (Å²) in [5, 5.41) is 27.5. The maximum atomic E-state index is 8.92. The SMILES string of the molecule is Cc1nnc(-c2ccc(B(O)O)cc2)s1. The Morgan fingerprint density at radius 1 is 1.13 bits per heavy atom. The summed E-state index contributed by atoms with van der Waals surface area (Å²) in [7, 11) is -1.42. The molecular formula is C9H9BN2O2S. The lowest BCUT2D eigenvalue weighted by Gasteiger charge is -1.99. The van der Waals surface area contributed by atoms with Crippen LogP contribution in [0.25, 0.3) is 10.6 Å². The summed E-state index contributed by atoms with van der Waals surface area (Å²) in [6, 6.07) is 6.93. The fourth-order valence-electron chi connectivity index (χ4n) is 1.21. The van der Waals surface area contributed by atoms with Crippen molar-refractivity contribution in [1.82, 2.24) is 10.2 Å². The number of aryl methyl sites for hydroxylation is 1. The second-order valence-electron chi connectivity index (χ2n) is 3.12. The smallest absolute Gasteiger partial charge is 0.423 e. The zero-order valence-corrected chi connectivity index (χ0v) is 8.90. The maximum Gasteiger partial charge on any atom is 0.488 e. The van der Waals surface area contributed by atoms with Crippen molar-refractivity contribution in [3.05, 3.63) is 29.3 Å². The lowest BCUT2D eigenvalue weighted by Crippen LogP contribution is -2.29. The number of nitrogens with zero attached hydrogens (tertiary/aromatic N) is 2. The molecule has 4 nitrogen and oxygen atoms in total. The monoisotopic (exact) mass is 220 g/mol. The van der Waals surface area contributed by atoms with Crippen molar-refractivity contribution >= 4 is 23.9 Å². The van der Waals surface area contributed by atoms with Gasteiger partial charge in [0.25, 0.3) is 0 Å². The molecule has 76 valence electrons. The number of rotatable bonds is 2. The Bertz CT molecular complexity index is 455. The van der Waals surface area contributed by atoms with Crippen LogP contribution in [0.15, 0.2) is 24.3 Å². The number of aromatic nitrogens is 2. The van der Waals surface area contributed by atoms with Gasteiger partial charge < -0.3 is 10.0 Å². The third kappa shape index (κ3) is 2.23. The summed E-state index contributed by atoms with van der Waals surface area (Å²) in [5.74, 6) is 0. The topological polar surface area (TPSA) is 66.2 Å². The van der Waals surface area contributed by atoms with Crippen LogP contribution in [0, 0.1) is 6.92 Å². The molecule has 0 atom stereocenters. The van der Waals surface area contributed by atoms with Gasteiger partial charge in [0, 0.05) is 5.56 Å². The molecule has 2 aromatic rings. The minimum atomic E-state index is -1.42.